The van der Waals surface area contributed by atoms with Crippen molar-refractivity contribution >= 4 is 27.6 Å². The summed E-state index contributed by atoms with van der Waals surface area (Å²) in [6.07, 6.45) is 17.3. The van der Waals surface area contributed by atoms with Gasteiger partial charge in [0.25, 0.3) is 0 Å². The third kappa shape index (κ3) is 12.0. The Bertz CT molecular complexity index is 2350. The molecule has 0 heteroatoms. The normalized spacial score (nSPS) is 11.6. The Morgan fingerprint density at radius 2 is 1.23 bits per heavy atom. The molecule has 0 saturated carbocycles. The van der Waals surface area contributed by atoms with Gasteiger partial charge in [0, 0.05) is 5.41 Å². The molecular formula is C56H58. The molecule has 0 bridgehead atoms. The largest absolute Gasteiger partial charge is 0.103 e. The van der Waals surface area contributed by atoms with Crippen LogP contribution in [0.25, 0.3) is 27.6 Å². The number of benzene rings is 7. The summed E-state index contributed by atoms with van der Waals surface area (Å²) >= 11 is 0. The van der Waals surface area contributed by atoms with Gasteiger partial charge >= 0.3 is 0 Å². The molecule has 0 amide bonds. The Morgan fingerprint density at radius 3 is 1.89 bits per heavy atom. The van der Waals surface area contributed by atoms with Gasteiger partial charge < -0.3 is 0 Å². The third-order valence-electron chi connectivity index (χ3n) is 10.4. The van der Waals surface area contributed by atoms with Crippen molar-refractivity contribution in [3.63, 3.8) is 0 Å². The highest BCUT2D eigenvalue weighted by atomic mass is 14.3. The fourth-order valence-electron chi connectivity index (χ4n) is 7.09. The van der Waals surface area contributed by atoms with Gasteiger partial charge in [-0.05, 0) is 107 Å². The van der Waals surface area contributed by atoms with Gasteiger partial charge in [-0.3, -0.25) is 0 Å². The van der Waals surface area contributed by atoms with Crippen LogP contribution in [0.5, 0.6) is 0 Å². The maximum atomic E-state index is 3.83. The van der Waals surface area contributed by atoms with Crippen LogP contribution in [0.2, 0.25) is 0 Å². The quantitative estimate of drug-likeness (QED) is 0.0706. The van der Waals surface area contributed by atoms with E-state index in [-0.39, 0.29) is 5.41 Å². The number of hydrogen-bond donors (Lipinski definition) is 0. The Kier molecular flexibility index (Phi) is 15.6. The maximum absolute atomic E-state index is 3.83. The monoisotopic (exact) mass is 730 g/mol. The van der Waals surface area contributed by atoms with E-state index in [0.29, 0.717) is 0 Å². The van der Waals surface area contributed by atoms with Gasteiger partial charge in [0.05, 0.1) is 0 Å². The van der Waals surface area contributed by atoms with Crippen LogP contribution in [-0.4, -0.2) is 0 Å². The van der Waals surface area contributed by atoms with Crippen LogP contribution in [0.1, 0.15) is 72.6 Å². The van der Waals surface area contributed by atoms with Gasteiger partial charge in [-0.2, -0.15) is 0 Å². The summed E-state index contributed by atoms with van der Waals surface area (Å²) < 4.78 is 0. The lowest BCUT2D eigenvalue weighted by atomic mass is 9.77. The van der Waals surface area contributed by atoms with E-state index in [9.17, 15) is 0 Å². The summed E-state index contributed by atoms with van der Waals surface area (Å²) in [6.45, 7) is 14.8. The number of rotatable bonds is 11. The predicted molar refractivity (Wildman–Crippen MR) is 248 cm³/mol. The average molecular weight is 731 g/mol. The molecule has 0 aromatic heterocycles. The van der Waals surface area contributed by atoms with Crippen molar-refractivity contribution in [2.24, 2.45) is 0 Å². The second-order valence-corrected chi connectivity index (χ2v) is 15.0. The summed E-state index contributed by atoms with van der Waals surface area (Å²) in [5.74, 6) is 0. The van der Waals surface area contributed by atoms with Crippen molar-refractivity contribution in [1.29, 1.82) is 0 Å². The van der Waals surface area contributed by atoms with Crippen LogP contribution >= 0.6 is 0 Å². The van der Waals surface area contributed by atoms with Crippen LogP contribution in [0.4, 0.5) is 0 Å². The van der Waals surface area contributed by atoms with E-state index in [2.05, 4.69) is 217 Å². The van der Waals surface area contributed by atoms with Crippen molar-refractivity contribution in [2.75, 3.05) is 0 Å². The molecule has 0 saturated heterocycles. The highest BCUT2D eigenvalue weighted by Crippen LogP contribution is 2.33. The number of aryl methyl sites for hydroxylation is 3. The summed E-state index contributed by atoms with van der Waals surface area (Å²) in [5.41, 5.74) is 10.6. The Balaban J connectivity index is 0.000000269. The van der Waals surface area contributed by atoms with Crippen molar-refractivity contribution in [3.8, 4) is 0 Å². The van der Waals surface area contributed by atoms with E-state index in [4.69, 9.17) is 0 Å². The third-order valence-corrected chi connectivity index (χ3v) is 10.4. The van der Waals surface area contributed by atoms with E-state index in [1.54, 1.807) is 0 Å². The smallest absolute Gasteiger partial charge is 0.0143 e. The van der Waals surface area contributed by atoms with E-state index in [1.165, 1.54) is 66.1 Å². The highest BCUT2D eigenvalue weighted by molar-refractivity contribution is 5.86. The molecule has 7 rings (SSSR count). The van der Waals surface area contributed by atoms with Crippen molar-refractivity contribution in [1.82, 2.24) is 0 Å². The summed E-state index contributed by atoms with van der Waals surface area (Å²) in [6, 6.07) is 58.3. The molecule has 0 aliphatic carbocycles. The molecule has 282 valence electrons. The standard InChI is InChI=1S/C38H40.C11H10.C7H8/c1-5-7-8-15-30-24-26-36(27-25-30)38(3,4)35(6-2)22-11-9-16-31-17-13-18-32(28-31)29-34-21-14-20-33-19-10-12-23-37(33)34;1-9-5-4-7-10-6-2-3-8-11(9)10;1-7-5-3-2-4-6-7/h5-6,9-14,16-28H,1,7-8,15,29H2,2-4H3;2-8H,1H3;2-6H,1H3/b16-9+,22-11-,35-6+;;. The lowest BCUT2D eigenvalue weighted by Crippen LogP contribution is -2.19. The summed E-state index contributed by atoms with van der Waals surface area (Å²) in [4.78, 5) is 0. The van der Waals surface area contributed by atoms with Gasteiger partial charge in [0.1, 0.15) is 0 Å². The van der Waals surface area contributed by atoms with Gasteiger partial charge in [-0.1, -0.05) is 220 Å². The molecule has 0 nitrogen and oxygen atoms in total. The van der Waals surface area contributed by atoms with Gasteiger partial charge in [0.15, 0.2) is 0 Å². The number of fused-ring (bicyclic) bond motifs is 2. The molecule has 0 atom stereocenters. The van der Waals surface area contributed by atoms with Gasteiger partial charge in [0.2, 0.25) is 0 Å². The number of allylic oxidation sites excluding steroid dienone is 6. The molecule has 7 aromatic rings. The molecule has 0 fully saturated rings. The second-order valence-electron chi connectivity index (χ2n) is 15.0. The van der Waals surface area contributed by atoms with E-state index in [1.807, 2.05) is 24.3 Å². The van der Waals surface area contributed by atoms with Gasteiger partial charge in [-0.15, -0.1) is 6.58 Å². The molecule has 56 heavy (non-hydrogen) atoms. The Morgan fingerprint density at radius 1 is 0.607 bits per heavy atom. The first-order valence-corrected chi connectivity index (χ1v) is 20.0. The highest BCUT2D eigenvalue weighted by Gasteiger charge is 2.23. The first kappa shape index (κ1) is 41.2. The molecule has 0 N–H and O–H groups in total. The number of unbranched alkanes of at least 4 members (excludes halogenated alkanes) is 1. The minimum Gasteiger partial charge on any atom is -0.103 e. The second kappa shape index (κ2) is 21.2. The molecule has 0 spiro atoms. The molecule has 0 aliphatic heterocycles. The molecular weight excluding hydrogens is 673 g/mol. The minimum atomic E-state index is -0.0584. The van der Waals surface area contributed by atoms with Crippen molar-refractivity contribution in [3.05, 3.63) is 245 Å². The molecule has 0 heterocycles. The lowest BCUT2D eigenvalue weighted by molar-refractivity contribution is 0.637. The van der Waals surface area contributed by atoms with Crippen LogP contribution in [0.3, 0.4) is 0 Å². The first-order valence-electron chi connectivity index (χ1n) is 20.0. The van der Waals surface area contributed by atoms with Crippen molar-refractivity contribution < 1.29 is 0 Å². The van der Waals surface area contributed by atoms with E-state index in [0.717, 1.165) is 25.7 Å². The van der Waals surface area contributed by atoms with Gasteiger partial charge in [-0.25, -0.2) is 0 Å². The lowest BCUT2D eigenvalue weighted by Gasteiger charge is -2.27. The molecule has 0 aliphatic rings. The van der Waals surface area contributed by atoms with Crippen LogP contribution < -0.4 is 0 Å². The zero-order valence-electron chi connectivity index (χ0n) is 34.1. The van der Waals surface area contributed by atoms with Crippen molar-refractivity contribution in [2.45, 2.75) is 65.7 Å². The zero-order chi connectivity index (χ0) is 39.6. The van der Waals surface area contributed by atoms with Crippen LogP contribution in [0, 0.1) is 13.8 Å². The maximum Gasteiger partial charge on any atom is 0.0143 e. The SMILES string of the molecule is C=CCCCc1ccc(C(C)(C)C(/C=C\C=C\c2cccc(Cc3cccc4ccccc34)c2)=C/C)cc1.Cc1cccc2ccccc12.Cc1ccccc1. The predicted octanol–water partition coefficient (Wildman–Crippen LogP) is 15.6. The Hall–Kier alpha value is -5.98. The fraction of sp³-hybridized carbons (Fsp3) is 0.179. The van der Waals surface area contributed by atoms with E-state index >= 15 is 0 Å². The molecule has 0 unspecified atom stereocenters. The topological polar surface area (TPSA) is 0 Å². The average Bonchev–Trinajstić information content (AvgIpc) is 3.22. The summed E-state index contributed by atoms with van der Waals surface area (Å²) in [5, 5.41) is 5.32. The fourth-order valence-corrected chi connectivity index (χ4v) is 7.09. The zero-order valence-corrected chi connectivity index (χ0v) is 34.1. The first-order chi connectivity index (χ1) is 27.3. The van der Waals surface area contributed by atoms with Crippen LogP contribution in [0.15, 0.2) is 206 Å². The van der Waals surface area contributed by atoms with Crippen LogP contribution in [-0.2, 0) is 18.3 Å². The molecule has 7 aromatic carbocycles. The number of hydrogen-bond acceptors (Lipinski definition) is 0. The van der Waals surface area contributed by atoms with E-state index < -0.39 is 0 Å². The summed E-state index contributed by atoms with van der Waals surface area (Å²) in [7, 11) is 0. The minimum absolute atomic E-state index is 0.0584. The molecule has 0 radical (unpaired) electrons. The Labute approximate surface area is 337 Å².